The number of rotatable bonds is 2. The second-order valence-electron chi connectivity index (χ2n) is 5.45. The maximum absolute atomic E-state index is 13.7. The first kappa shape index (κ1) is 15.0. The summed E-state index contributed by atoms with van der Waals surface area (Å²) in [6.45, 7) is 1.23. The molecule has 2 heterocycles. The maximum Gasteiger partial charge on any atom is 0.275 e. The Bertz CT molecular complexity index is 667. The number of aromatic nitrogens is 1. The molecule has 1 amide bonds. The number of likely N-dealkylation sites (tertiary alicyclic amines) is 1. The van der Waals surface area contributed by atoms with Crippen molar-refractivity contribution in [2.24, 2.45) is 0 Å². The van der Waals surface area contributed by atoms with Crippen molar-refractivity contribution in [3.05, 3.63) is 64.7 Å². The van der Waals surface area contributed by atoms with Gasteiger partial charge in [-0.1, -0.05) is 23.7 Å². The highest BCUT2D eigenvalue weighted by atomic mass is 35.5. The SMILES string of the molecule is O=C(c1ncccc1F)N1CCC(c2ccc(Cl)cc2)CC1. The lowest BCUT2D eigenvalue weighted by Crippen LogP contribution is -2.38. The molecular weight excluding hydrogens is 303 g/mol. The summed E-state index contributed by atoms with van der Waals surface area (Å²) < 4.78 is 13.7. The Morgan fingerprint density at radius 3 is 2.50 bits per heavy atom. The van der Waals surface area contributed by atoms with Gasteiger partial charge in [0.2, 0.25) is 0 Å². The van der Waals surface area contributed by atoms with E-state index in [4.69, 9.17) is 11.6 Å². The number of halogens is 2. The highest BCUT2D eigenvalue weighted by Gasteiger charge is 2.26. The van der Waals surface area contributed by atoms with E-state index >= 15 is 0 Å². The Kier molecular flexibility index (Phi) is 4.39. The van der Waals surface area contributed by atoms with E-state index in [2.05, 4.69) is 4.98 Å². The van der Waals surface area contributed by atoms with Crippen molar-refractivity contribution >= 4 is 17.5 Å². The van der Waals surface area contributed by atoms with Crippen LogP contribution in [0.4, 0.5) is 4.39 Å². The molecule has 1 aromatic carbocycles. The van der Waals surface area contributed by atoms with Crippen molar-refractivity contribution in [1.82, 2.24) is 9.88 Å². The molecule has 0 atom stereocenters. The number of carbonyl (C=O) groups is 1. The van der Waals surface area contributed by atoms with Gasteiger partial charge in [0.15, 0.2) is 11.5 Å². The highest BCUT2D eigenvalue weighted by Crippen LogP contribution is 2.29. The molecule has 1 aromatic heterocycles. The quantitative estimate of drug-likeness (QED) is 0.841. The number of amides is 1. The van der Waals surface area contributed by atoms with Crippen LogP contribution in [0.15, 0.2) is 42.6 Å². The zero-order valence-electron chi connectivity index (χ0n) is 12.0. The van der Waals surface area contributed by atoms with Gasteiger partial charge in [0, 0.05) is 24.3 Å². The Morgan fingerprint density at radius 2 is 1.86 bits per heavy atom. The van der Waals surface area contributed by atoms with Crippen LogP contribution in [0.3, 0.4) is 0 Å². The van der Waals surface area contributed by atoms with Crippen LogP contribution in [-0.2, 0) is 0 Å². The van der Waals surface area contributed by atoms with E-state index in [0.717, 1.165) is 17.9 Å². The average Bonchev–Trinajstić information content (AvgIpc) is 2.56. The standard InChI is InChI=1S/C17H16ClFN2O/c18-14-5-3-12(4-6-14)13-7-10-21(11-8-13)17(22)16-15(19)2-1-9-20-16/h1-6,9,13H,7-8,10-11H2. The van der Waals surface area contributed by atoms with Gasteiger partial charge in [0.25, 0.3) is 5.91 Å². The molecule has 3 nitrogen and oxygen atoms in total. The minimum absolute atomic E-state index is 0.0903. The summed E-state index contributed by atoms with van der Waals surface area (Å²) in [6, 6.07) is 10.6. The molecule has 3 rings (SSSR count). The maximum atomic E-state index is 13.7. The van der Waals surface area contributed by atoms with Gasteiger partial charge in [0.1, 0.15) is 0 Å². The van der Waals surface area contributed by atoms with Crippen molar-refractivity contribution in [2.75, 3.05) is 13.1 Å². The number of pyridine rings is 1. The van der Waals surface area contributed by atoms with Crippen molar-refractivity contribution in [3.8, 4) is 0 Å². The number of piperidine rings is 1. The summed E-state index contributed by atoms with van der Waals surface area (Å²) >= 11 is 5.90. The molecule has 0 aliphatic carbocycles. The van der Waals surface area contributed by atoms with Gasteiger partial charge < -0.3 is 4.90 Å². The topological polar surface area (TPSA) is 33.2 Å². The third-order valence-corrected chi connectivity index (χ3v) is 4.34. The Hall–Kier alpha value is -1.94. The smallest absolute Gasteiger partial charge is 0.275 e. The molecule has 22 heavy (non-hydrogen) atoms. The Labute approximate surface area is 133 Å². The lowest BCUT2D eigenvalue weighted by atomic mass is 9.89. The summed E-state index contributed by atoms with van der Waals surface area (Å²) in [5.41, 5.74) is 1.15. The summed E-state index contributed by atoms with van der Waals surface area (Å²) in [6.07, 6.45) is 3.17. The molecule has 0 saturated carbocycles. The van der Waals surface area contributed by atoms with E-state index < -0.39 is 5.82 Å². The van der Waals surface area contributed by atoms with Crippen LogP contribution < -0.4 is 0 Å². The van der Waals surface area contributed by atoms with E-state index in [9.17, 15) is 9.18 Å². The first-order chi connectivity index (χ1) is 10.6. The highest BCUT2D eigenvalue weighted by molar-refractivity contribution is 6.30. The third kappa shape index (κ3) is 3.12. The fraction of sp³-hybridized carbons (Fsp3) is 0.294. The van der Waals surface area contributed by atoms with Gasteiger partial charge in [-0.15, -0.1) is 0 Å². The largest absolute Gasteiger partial charge is 0.337 e. The Morgan fingerprint density at radius 1 is 1.18 bits per heavy atom. The van der Waals surface area contributed by atoms with E-state index in [0.29, 0.717) is 19.0 Å². The van der Waals surface area contributed by atoms with Crippen LogP contribution in [-0.4, -0.2) is 28.9 Å². The second kappa shape index (κ2) is 6.44. The minimum atomic E-state index is -0.563. The fourth-order valence-electron chi connectivity index (χ4n) is 2.84. The Balaban J connectivity index is 1.65. The van der Waals surface area contributed by atoms with Crippen LogP contribution >= 0.6 is 11.6 Å². The average molecular weight is 319 g/mol. The van der Waals surface area contributed by atoms with Crippen molar-refractivity contribution in [1.29, 1.82) is 0 Å². The zero-order chi connectivity index (χ0) is 15.5. The first-order valence-corrected chi connectivity index (χ1v) is 7.68. The van der Waals surface area contributed by atoms with Crippen molar-refractivity contribution in [2.45, 2.75) is 18.8 Å². The molecule has 5 heteroatoms. The van der Waals surface area contributed by atoms with Gasteiger partial charge in [-0.3, -0.25) is 4.79 Å². The van der Waals surface area contributed by atoms with E-state index in [1.165, 1.54) is 23.9 Å². The van der Waals surface area contributed by atoms with Gasteiger partial charge in [0.05, 0.1) is 0 Å². The molecule has 1 fully saturated rings. The summed E-state index contributed by atoms with van der Waals surface area (Å²) in [5.74, 6) is -0.477. The zero-order valence-corrected chi connectivity index (χ0v) is 12.8. The van der Waals surface area contributed by atoms with Gasteiger partial charge in [-0.2, -0.15) is 0 Å². The molecular formula is C17H16ClFN2O. The molecule has 1 saturated heterocycles. The summed E-state index contributed by atoms with van der Waals surface area (Å²) in [5, 5.41) is 0.724. The van der Waals surface area contributed by atoms with E-state index in [-0.39, 0.29) is 11.6 Å². The molecule has 0 bridgehead atoms. The summed E-state index contributed by atoms with van der Waals surface area (Å²) in [7, 11) is 0. The molecule has 1 aliphatic heterocycles. The minimum Gasteiger partial charge on any atom is -0.337 e. The van der Waals surface area contributed by atoms with E-state index in [1.54, 1.807) is 4.90 Å². The number of hydrogen-bond acceptors (Lipinski definition) is 2. The normalized spacial score (nSPS) is 15.8. The number of carbonyl (C=O) groups excluding carboxylic acids is 1. The van der Waals surface area contributed by atoms with Crippen LogP contribution in [0.1, 0.15) is 34.8 Å². The lowest BCUT2D eigenvalue weighted by Gasteiger charge is -2.32. The molecule has 114 valence electrons. The monoisotopic (exact) mass is 318 g/mol. The van der Waals surface area contributed by atoms with Gasteiger partial charge in [-0.05, 0) is 48.6 Å². The predicted octanol–water partition coefficient (Wildman–Crippen LogP) is 3.89. The number of nitrogens with zero attached hydrogens (tertiary/aromatic N) is 2. The molecule has 0 unspecified atom stereocenters. The number of benzene rings is 1. The predicted molar refractivity (Wildman–Crippen MR) is 83.5 cm³/mol. The van der Waals surface area contributed by atoms with Gasteiger partial charge >= 0.3 is 0 Å². The molecule has 0 radical (unpaired) electrons. The fourth-order valence-corrected chi connectivity index (χ4v) is 2.97. The van der Waals surface area contributed by atoms with Gasteiger partial charge in [-0.25, -0.2) is 9.37 Å². The summed E-state index contributed by atoms with van der Waals surface area (Å²) in [4.78, 5) is 17.9. The van der Waals surface area contributed by atoms with Crippen molar-refractivity contribution < 1.29 is 9.18 Å². The van der Waals surface area contributed by atoms with Crippen molar-refractivity contribution in [3.63, 3.8) is 0 Å². The van der Waals surface area contributed by atoms with Crippen LogP contribution in [0.5, 0.6) is 0 Å². The first-order valence-electron chi connectivity index (χ1n) is 7.30. The van der Waals surface area contributed by atoms with Crippen LogP contribution in [0.25, 0.3) is 0 Å². The van der Waals surface area contributed by atoms with E-state index in [1.807, 2.05) is 24.3 Å². The third-order valence-electron chi connectivity index (χ3n) is 4.08. The molecule has 0 spiro atoms. The van der Waals surface area contributed by atoms with Crippen LogP contribution in [0.2, 0.25) is 5.02 Å². The van der Waals surface area contributed by atoms with Crippen LogP contribution in [0, 0.1) is 5.82 Å². The molecule has 1 aliphatic rings. The molecule has 2 aromatic rings. The lowest BCUT2D eigenvalue weighted by molar-refractivity contribution is 0.0702. The molecule has 0 N–H and O–H groups in total. The second-order valence-corrected chi connectivity index (χ2v) is 5.89. The number of hydrogen-bond donors (Lipinski definition) is 0.